The third-order valence-corrected chi connectivity index (χ3v) is 8.87. The van der Waals surface area contributed by atoms with E-state index in [1.165, 1.54) is 24.5 Å². The summed E-state index contributed by atoms with van der Waals surface area (Å²) in [7, 11) is -1.76. The van der Waals surface area contributed by atoms with Crippen LogP contribution in [-0.2, 0) is 19.4 Å². The lowest BCUT2D eigenvalue weighted by Crippen LogP contribution is -2.24. The highest BCUT2D eigenvalue weighted by molar-refractivity contribution is 7.92. The van der Waals surface area contributed by atoms with Crippen LogP contribution >= 0.6 is 0 Å². The molecule has 1 aromatic carbocycles. The molecule has 2 aromatic rings. The number of hydrogen-bond acceptors (Lipinski definition) is 7. The fraction of sp³-hybridized carbons (Fsp3) is 0.560. The molecule has 1 heterocycles. The predicted octanol–water partition coefficient (Wildman–Crippen LogP) is 4.03. The van der Waals surface area contributed by atoms with E-state index in [1.807, 2.05) is 0 Å². The molecule has 1 N–H and O–H groups in total. The van der Waals surface area contributed by atoms with Gasteiger partial charge < -0.3 is 14.8 Å². The first kappa shape index (κ1) is 26.4. The zero-order valence-electron chi connectivity index (χ0n) is 20.1. The molecule has 4 rings (SSSR count). The minimum absolute atomic E-state index is 0.0496. The molecule has 11 heteroatoms. The van der Waals surface area contributed by atoms with E-state index in [9.17, 15) is 22.0 Å². The van der Waals surface area contributed by atoms with E-state index >= 15 is 0 Å². The average Bonchev–Trinajstić information content (AvgIpc) is 3.68. The number of aromatic nitrogens is 2. The molecular formula is C25H31F2N3O5S. The molecule has 2 saturated carbocycles. The number of alkyl halides is 2. The summed E-state index contributed by atoms with van der Waals surface area (Å²) in [4.78, 5) is 21.8. The maximum Gasteiger partial charge on any atom is 0.233 e. The van der Waals surface area contributed by atoms with Crippen molar-refractivity contribution in [1.29, 1.82) is 0 Å². The van der Waals surface area contributed by atoms with Crippen molar-refractivity contribution in [2.24, 2.45) is 5.92 Å². The zero-order chi connectivity index (χ0) is 25.7. The lowest BCUT2D eigenvalue weighted by molar-refractivity contribution is -0.118. The van der Waals surface area contributed by atoms with Crippen LogP contribution in [0, 0.1) is 5.92 Å². The Morgan fingerprint density at radius 2 is 1.78 bits per heavy atom. The summed E-state index contributed by atoms with van der Waals surface area (Å²) in [5, 5.41) is 2.38. The Labute approximate surface area is 209 Å². The highest BCUT2D eigenvalue weighted by atomic mass is 32.2. The van der Waals surface area contributed by atoms with Crippen molar-refractivity contribution in [1.82, 2.24) is 9.97 Å². The standard InChI is InChI=1S/C25H31F2N3O5S/c1-34-9-2-10-35-24-15-28-23(14-29-24)30-25(31)20(11-16-12-21(26)22(27)13-16)17-3-5-18(6-4-17)36(32,33)19-7-8-19/h3-6,14-16,19-22H,2,7-13H2,1H3,(H,28,30,31)/t16-,20-,21+,22-/m1/s1. The Hall–Kier alpha value is -2.66. The quantitative estimate of drug-likeness (QED) is 0.419. The van der Waals surface area contributed by atoms with Gasteiger partial charge in [-0.15, -0.1) is 0 Å². The number of sulfone groups is 1. The molecule has 2 aliphatic carbocycles. The fourth-order valence-corrected chi connectivity index (χ4v) is 6.11. The van der Waals surface area contributed by atoms with Gasteiger partial charge in [0.2, 0.25) is 11.8 Å². The van der Waals surface area contributed by atoms with Crippen LogP contribution in [0.25, 0.3) is 0 Å². The maximum absolute atomic E-state index is 13.8. The van der Waals surface area contributed by atoms with Crippen LogP contribution in [0.15, 0.2) is 41.6 Å². The Balaban J connectivity index is 1.47. The Kier molecular flexibility index (Phi) is 8.50. The number of rotatable bonds is 12. The van der Waals surface area contributed by atoms with Crippen LogP contribution in [-0.4, -0.2) is 62.2 Å². The van der Waals surface area contributed by atoms with Gasteiger partial charge in [-0.05, 0) is 55.7 Å². The van der Waals surface area contributed by atoms with Gasteiger partial charge in [0.25, 0.3) is 0 Å². The number of nitrogens with one attached hydrogen (secondary N) is 1. The highest BCUT2D eigenvalue weighted by Gasteiger charge is 2.38. The van der Waals surface area contributed by atoms with Crippen LogP contribution in [0.1, 0.15) is 50.0 Å². The molecule has 196 valence electrons. The topological polar surface area (TPSA) is 107 Å². The molecular weight excluding hydrogens is 492 g/mol. The van der Waals surface area contributed by atoms with Crippen LogP contribution in [0.2, 0.25) is 0 Å². The van der Waals surface area contributed by atoms with Crippen LogP contribution in [0.5, 0.6) is 5.88 Å². The summed E-state index contributed by atoms with van der Waals surface area (Å²) in [6, 6.07) is 6.22. The summed E-state index contributed by atoms with van der Waals surface area (Å²) in [5.41, 5.74) is 0.575. The molecule has 0 saturated heterocycles. The van der Waals surface area contributed by atoms with Crippen molar-refractivity contribution < 1.29 is 31.5 Å². The zero-order valence-corrected chi connectivity index (χ0v) is 20.9. The molecule has 2 aliphatic rings. The molecule has 1 amide bonds. The minimum Gasteiger partial charge on any atom is -0.476 e. The first-order valence-electron chi connectivity index (χ1n) is 12.1. The van der Waals surface area contributed by atoms with Gasteiger partial charge in [0.15, 0.2) is 15.7 Å². The van der Waals surface area contributed by atoms with E-state index in [0.29, 0.717) is 43.9 Å². The number of nitrogens with zero attached hydrogens (tertiary/aromatic N) is 2. The van der Waals surface area contributed by atoms with E-state index < -0.39 is 34.0 Å². The third kappa shape index (κ3) is 6.56. The molecule has 0 radical (unpaired) electrons. The predicted molar refractivity (Wildman–Crippen MR) is 129 cm³/mol. The van der Waals surface area contributed by atoms with E-state index in [4.69, 9.17) is 9.47 Å². The third-order valence-electron chi connectivity index (χ3n) is 6.59. The molecule has 36 heavy (non-hydrogen) atoms. The van der Waals surface area contributed by atoms with E-state index in [-0.39, 0.29) is 41.1 Å². The normalized spacial score (nSPS) is 22.8. The number of hydrogen-bond donors (Lipinski definition) is 1. The summed E-state index contributed by atoms with van der Waals surface area (Å²) >= 11 is 0. The molecule has 2 fully saturated rings. The summed E-state index contributed by atoms with van der Waals surface area (Å²) in [5.74, 6) is -0.942. The number of amides is 1. The molecule has 0 bridgehead atoms. The van der Waals surface area contributed by atoms with Gasteiger partial charge in [-0.1, -0.05) is 12.1 Å². The average molecular weight is 524 g/mol. The number of ether oxygens (including phenoxy) is 2. The Morgan fingerprint density at radius 1 is 1.08 bits per heavy atom. The van der Waals surface area contributed by atoms with Gasteiger partial charge in [0.1, 0.15) is 12.3 Å². The van der Waals surface area contributed by atoms with E-state index in [0.717, 1.165) is 0 Å². The summed E-state index contributed by atoms with van der Waals surface area (Å²) in [6.45, 7) is 0.971. The van der Waals surface area contributed by atoms with Crippen molar-refractivity contribution in [2.45, 2.75) is 66.9 Å². The number of methoxy groups -OCH3 is 1. The minimum atomic E-state index is -3.37. The number of halogens is 2. The van der Waals surface area contributed by atoms with Crippen molar-refractivity contribution in [3.63, 3.8) is 0 Å². The van der Waals surface area contributed by atoms with E-state index in [2.05, 4.69) is 15.3 Å². The number of benzene rings is 1. The second-order valence-electron chi connectivity index (χ2n) is 9.40. The van der Waals surface area contributed by atoms with Crippen LogP contribution in [0.4, 0.5) is 14.6 Å². The van der Waals surface area contributed by atoms with Gasteiger partial charge >= 0.3 is 0 Å². The van der Waals surface area contributed by atoms with Crippen molar-refractivity contribution in [3.8, 4) is 5.88 Å². The monoisotopic (exact) mass is 523 g/mol. The van der Waals surface area contributed by atoms with Gasteiger partial charge in [0, 0.05) is 20.1 Å². The molecule has 8 nitrogen and oxygen atoms in total. The first-order valence-corrected chi connectivity index (χ1v) is 13.7. The smallest absolute Gasteiger partial charge is 0.233 e. The number of carbonyl (C=O) groups excluding carboxylic acids is 1. The first-order chi connectivity index (χ1) is 17.3. The van der Waals surface area contributed by atoms with Gasteiger partial charge in [-0.2, -0.15) is 0 Å². The van der Waals surface area contributed by atoms with Crippen molar-refractivity contribution >= 4 is 21.6 Å². The lowest BCUT2D eigenvalue weighted by Gasteiger charge is -2.20. The molecule has 1 aromatic heterocycles. The summed E-state index contributed by atoms with van der Waals surface area (Å²) in [6.07, 6.45) is 2.04. The molecule has 0 unspecified atom stereocenters. The van der Waals surface area contributed by atoms with E-state index in [1.54, 1.807) is 19.2 Å². The second kappa shape index (κ2) is 11.6. The number of anilines is 1. The largest absolute Gasteiger partial charge is 0.476 e. The summed E-state index contributed by atoms with van der Waals surface area (Å²) < 4.78 is 63.1. The SMILES string of the molecule is COCCCOc1cnc(NC(=O)[C@H](C[C@H]2C[C@@H](F)[C@@H](F)C2)c2ccc(S(=O)(=O)C3CC3)cc2)cn1. The van der Waals surface area contributed by atoms with Crippen molar-refractivity contribution in [3.05, 3.63) is 42.2 Å². The lowest BCUT2D eigenvalue weighted by atomic mass is 9.87. The van der Waals surface area contributed by atoms with Gasteiger partial charge in [-0.3, -0.25) is 4.79 Å². The molecule has 0 spiro atoms. The fourth-order valence-electron chi connectivity index (χ4n) is 4.46. The second-order valence-corrected chi connectivity index (χ2v) is 11.6. The Bertz CT molecular complexity index is 1120. The van der Waals surface area contributed by atoms with Crippen LogP contribution < -0.4 is 10.1 Å². The highest BCUT2D eigenvalue weighted by Crippen LogP contribution is 2.39. The van der Waals surface area contributed by atoms with Gasteiger partial charge in [-0.25, -0.2) is 27.2 Å². The molecule has 0 aliphatic heterocycles. The molecule has 4 atom stereocenters. The van der Waals surface area contributed by atoms with Crippen LogP contribution in [0.3, 0.4) is 0 Å². The number of carbonyl (C=O) groups is 1. The maximum atomic E-state index is 13.8. The van der Waals surface area contributed by atoms with Gasteiger partial charge in [0.05, 0.1) is 35.1 Å². The van der Waals surface area contributed by atoms with Crippen molar-refractivity contribution in [2.75, 3.05) is 25.6 Å². The Morgan fingerprint density at radius 3 is 2.36 bits per heavy atom.